The minimum Gasteiger partial charge on any atom is -0.381 e. The van der Waals surface area contributed by atoms with Crippen molar-refractivity contribution in [1.82, 2.24) is 14.5 Å². The van der Waals surface area contributed by atoms with E-state index in [-0.39, 0.29) is 16.8 Å². The van der Waals surface area contributed by atoms with Gasteiger partial charge in [0.05, 0.1) is 0 Å². The van der Waals surface area contributed by atoms with Crippen LogP contribution in [0.3, 0.4) is 0 Å². The Morgan fingerprint density at radius 2 is 2.21 bits per heavy atom. The first kappa shape index (κ1) is 16.3. The lowest BCUT2D eigenvalue weighted by atomic mass is 10.3. The number of sulfonamides is 1. The molecule has 1 aromatic rings. The van der Waals surface area contributed by atoms with Gasteiger partial charge in [-0.3, -0.25) is 4.68 Å². The number of nitrogen functional groups attached to an aromatic ring is 1. The maximum Gasteiger partial charge on any atom is 0.246 e. The first-order valence-corrected chi connectivity index (χ1v) is 8.97. The fraction of sp³-hybridized carbons (Fsp3) is 0.727. The van der Waals surface area contributed by atoms with E-state index in [2.05, 4.69) is 16.7 Å². The molecule has 0 saturated heterocycles. The summed E-state index contributed by atoms with van der Waals surface area (Å²) in [5, 5.41) is 3.95. The highest BCUT2D eigenvalue weighted by Crippen LogP contribution is 2.17. The molecule has 0 bridgehead atoms. The molecule has 1 rings (SSSR count). The van der Waals surface area contributed by atoms with Gasteiger partial charge in [0.1, 0.15) is 4.90 Å². The molecule has 1 aromatic heterocycles. The van der Waals surface area contributed by atoms with Crippen LogP contribution in [0.1, 0.15) is 27.2 Å². The van der Waals surface area contributed by atoms with Crippen molar-refractivity contribution in [3.63, 3.8) is 0 Å². The Labute approximate surface area is 119 Å². The van der Waals surface area contributed by atoms with E-state index < -0.39 is 10.0 Å². The monoisotopic (exact) mass is 306 g/mol. The molecule has 3 N–H and O–H groups in total. The van der Waals surface area contributed by atoms with E-state index in [4.69, 9.17) is 5.73 Å². The maximum atomic E-state index is 12.2. The molecule has 6 nitrogen and oxygen atoms in total. The van der Waals surface area contributed by atoms with Crippen LogP contribution in [0.2, 0.25) is 0 Å². The zero-order valence-corrected chi connectivity index (χ0v) is 13.2. The van der Waals surface area contributed by atoms with Crippen LogP contribution in [0, 0.1) is 0 Å². The van der Waals surface area contributed by atoms with Crippen molar-refractivity contribution in [1.29, 1.82) is 0 Å². The molecule has 1 unspecified atom stereocenters. The second kappa shape index (κ2) is 7.16. The summed E-state index contributed by atoms with van der Waals surface area (Å²) in [6, 6.07) is -0.117. The molecule has 19 heavy (non-hydrogen) atoms. The molecule has 0 fully saturated rings. The fourth-order valence-corrected chi connectivity index (χ4v) is 3.74. The number of nitrogens with one attached hydrogen (secondary N) is 1. The standard InChI is InChI=1S/C11H22N4O2S2/c1-4-15-8-10(11(12)13-15)19(16,17)14-9(3)6-7-18-5-2/h8-9,14H,4-7H2,1-3H3,(H2,12,13). The van der Waals surface area contributed by atoms with E-state index in [1.165, 1.54) is 10.9 Å². The molecule has 0 spiro atoms. The Bertz CT molecular complexity index is 499. The van der Waals surface area contributed by atoms with Crippen LogP contribution >= 0.6 is 11.8 Å². The lowest BCUT2D eigenvalue weighted by Gasteiger charge is -2.13. The van der Waals surface area contributed by atoms with Crippen LogP contribution in [0.25, 0.3) is 0 Å². The lowest BCUT2D eigenvalue weighted by Crippen LogP contribution is -2.33. The number of nitrogens with two attached hydrogens (primary N) is 1. The number of anilines is 1. The fourth-order valence-electron chi connectivity index (χ4n) is 1.58. The topological polar surface area (TPSA) is 90.0 Å². The van der Waals surface area contributed by atoms with Gasteiger partial charge in [-0.05, 0) is 31.8 Å². The Kier molecular flexibility index (Phi) is 6.15. The summed E-state index contributed by atoms with van der Waals surface area (Å²) < 4.78 is 28.5. The summed E-state index contributed by atoms with van der Waals surface area (Å²) in [6.07, 6.45) is 2.25. The third-order valence-electron chi connectivity index (χ3n) is 2.62. The van der Waals surface area contributed by atoms with Gasteiger partial charge in [0.25, 0.3) is 0 Å². The van der Waals surface area contributed by atoms with Gasteiger partial charge in [-0.15, -0.1) is 0 Å². The van der Waals surface area contributed by atoms with Crippen molar-refractivity contribution >= 4 is 27.6 Å². The maximum absolute atomic E-state index is 12.2. The third-order valence-corrected chi connectivity index (χ3v) is 5.16. The van der Waals surface area contributed by atoms with E-state index in [1.807, 2.05) is 13.8 Å². The molecule has 0 aliphatic heterocycles. The molecular formula is C11H22N4O2S2. The number of aryl methyl sites for hydroxylation is 1. The van der Waals surface area contributed by atoms with Gasteiger partial charge in [-0.25, -0.2) is 13.1 Å². The van der Waals surface area contributed by atoms with E-state index >= 15 is 0 Å². The number of aromatic nitrogens is 2. The summed E-state index contributed by atoms with van der Waals surface area (Å²) in [4.78, 5) is 0.0596. The molecule has 110 valence electrons. The average molecular weight is 306 g/mol. The van der Waals surface area contributed by atoms with Gasteiger partial charge in [0.15, 0.2) is 5.82 Å². The molecule has 0 aliphatic rings. The van der Waals surface area contributed by atoms with Crippen molar-refractivity contribution in [2.45, 2.75) is 44.7 Å². The Morgan fingerprint density at radius 3 is 2.74 bits per heavy atom. The molecule has 8 heteroatoms. The summed E-state index contributed by atoms with van der Waals surface area (Å²) in [6.45, 7) is 6.40. The summed E-state index contributed by atoms with van der Waals surface area (Å²) >= 11 is 1.79. The SMILES string of the molecule is CCSCCC(C)NS(=O)(=O)c1cn(CC)nc1N. The third kappa shape index (κ3) is 4.70. The lowest BCUT2D eigenvalue weighted by molar-refractivity contribution is 0.557. The van der Waals surface area contributed by atoms with Crippen molar-refractivity contribution in [2.24, 2.45) is 0 Å². The van der Waals surface area contributed by atoms with Crippen LogP contribution < -0.4 is 10.5 Å². The summed E-state index contributed by atoms with van der Waals surface area (Å²) in [5.74, 6) is 2.02. The number of hydrogen-bond acceptors (Lipinski definition) is 5. The first-order valence-electron chi connectivity index (χ1n) is 6.33. The van der Waals surface area contributed by atoms with Gasteiger partial charge in [-0.2, -0.15) is 16.9 Å². The zero-order chi connectivity index (χ0) is 14.5. The predicted octanol–water partition coefficient (Wildman–Crippen LogP) is 1.30. The van der Waals surface area contributed by atoms with Crippen molar-refractivity contribution in [3.05, 3.63) is 6.20 Å². The van der Waals surface area contributed by atoms with E-state index in [0.717, 1.165) is 17.9 Å². The molecule has 0 aliphatic carbocycles. The Balaban J connectivity index is 2.72. The molecule has 1 atom stereocenters. The van der Waals surface area contributed by atoms with Crippen LogP contribution in [-0.2, 0) is 16.6 Å². The number of hydrogen-bond donors (Lipinski definition) is 2. The van der Waals surface area contributed by atoms with E-state index in [1.54, 1.807) is 11.8 Å². The molecule has 0 saturated carbocycles. The first-order chi connectivity index (χ1) is 8.90. The second-order valence-corrected chi connectivity index (χ2v) is 7.32. The smallest absolute Gasteiger partial charge is 0.246 e. The highest BCUT2D eigenvalue weighted by molar-refractivity contribution is 7.99. The summed E-state index contributed by atoms with van der Waals surface area (Å²) in [5.41, 5.74) is 5.65. The van der Waals surface area contributed by atoms with Gasteiger partial charge in [-0.1, -0.05) is 6.92 Å². The highest BCUT2D eigenvalue weighted by Gasteiger charge is 2.22. The van der Waals surface area contributed by atoms with Gasteiger partial charge in [0.2, 0.25) is 10.0 Å². The zero-order valence-electron chi connectivity index (χ0n) is 11.6. The summed E-state index contributed by atoms with van der Waals surface area (Å²) in [7, 11) is -3.58. The highest BCUT2D eigenvalue weighted by atomic mass is 32.2. The van der Waals surface area contributed by atoms with Crippen molar-refractivity contribution in [2.75, 3.05) is 17.2 Å². The van der Waals surface area contributed by atoms with Gasteiger partial charge >= 0.3 is 0 Å². The van der Waals surface area contributed by atoms with E-state index in [0.29, 0.717) is 6.54 Å². The minimum atomic E-state index is -3.58. The largest absolute Gasteiger partial charge is 0.381 e. The van der Waals surface area contributed by atoms with Crippen molar-refractivity contribution in [3.8, 4) is 0 Å². The molecule has 1 heterocycles. The van der Waals surface area contributed by atoms with Gasteiger partial charge < -0.3 is 5.73 Å². The average Bonchev–Trinajstić information content (AvgIpc) is 2.71. The van der Waals surface area contributed by atoms with Crippen LogP contribution in [0.4, 0.5) is 5.82 Å². The van der Waals surface area contributed by atoms with Crippen LogP contribution in [0.5, 0.6) is 0 Å². The number of thioether (sulfide) groups is 1. The number of nitrogens with zero attached hydrogens (tertiary/aromatic N) is 2. The van der Waals surface area contributed by atoms with Crippen molar-refractivity contribution < 1.29 is 8.42 Å². The molecule has 0 aromatic carbocycles. The minimum absolute atomic E-state index is 0.0458. The normalized spacial score (nSPS) is 13.6. The molecule has 0 radical (unpaired) electrons. The quantitative estimate of drug-likeness (QED) is 0.706. The van der Waals surface area contributed by atoms with Gasteiger partial charge in [0, 0.05) is 18.8 Å². The van der Waals surface area contributed by atoms with E-state index in [9.17, 15) is 8.42 Å². The van der Waals surface area contributed by atoms with Crippen LogP contribution in [0.15, 0.2) is 11.1 Å². The van der Waals surface area contributed by atoms with Crippen LogP contribution in [-0.4, -0.2) is 35.7 Å². The Morgan fingerprint density at radius 1 is 1.53 bits per heavy atom. The molecule has 0 amide bonds. The second-order valence-electron chi connectivity index (χ2n) is 4.24. The predicted molar refractivity (Wildman–Crippen MR) is 79.7 cm³/mol. The molecular weight excluding hydrogens is 284 g/mol. The number of rotatable bonds is 8. The Hall–Kier alpha value is -0.730.